The number of ether oxygens (including phenoxy) is 1. The number of rotatable bonds is 1. The molecule has 2 aromatic rings. The average molecular weight is 312 g/mol. The molecule has 0 radical (unpaired) electrons. The Hall–Kier alpha value is -2.02. The lowest BCUT2D eigenvalue weighted by Gasteiger charge is -2.33. The molecule has 0 bridgehead atoms. The molecule has 3 rings (SSSR count). The van der Waals surface area contributed by atoms with E-state index < -0.39 is 24.7 Å². The molecular formula is C15H15F3N2O2. The van der Waals surface area contributed by atoms with Crippen molar-refractivity contribution < 1.29 is 22.7 Å². The molecule has 118 valence electrons. The number of nitrogens with one attached hydrogen (secondary N) is 1. The lowest BCUT2D eigenvalue weighted by molar-refractivity contribution is -0.233. The molecule has 1 aromatic heterocycles. The molecule has 0 saturated carbocycles. The van der Waals surface area contributed by atoms with Gasteiger partial charge in [-0.05, 0) is 18.6 Å². The van der Waals surface area contributed by atoms with Crippen molar-refractivity contribution in [2.75, 3.05) is 19.7 Å². The number of aryl methyl sites for hydroxylation is 1. The number of amides is 1. The highest BCUT2D eigenvalue weighted by Crippen LogP contribution is 2.27. The van der Waals surface area contributed by atoms with Crippen LogP contribution in [-0.4, -0.2) is 47.8 Å². The molecule has 1 N–H and O–H groups in total. The zero-order chi connectivity index (χ0) is 15.9. The van der Waals surface area contributed by atoms with Gasteiger partial charge in [-0.15, -0.1) is 0 Å². The normalized spacial score (nSPS) is 19.6. The second-order valence-electron chi connectivity index (χ2n) is 5.32. The van der Waals surface area contributed by atoms with Gasteiger partial charge in [0.15, 0.2) is 6.10 Å². The van der Waals surface area contributed by atoms with Crippen molar-refractivity contribution in [1.29, 1.82) is 0 Å². The number of carbonyl (C=O) groups is 1. The fourth-order valence-corrected chi connectivity index (χ4v) is 2.69. The fraction of sp³-hybridized carbons (Fsp3) is 0.400. The molecule has 0 aliphatic carbocycles. The van der Waals surface area contributed by atoms with Crippen LogP contribution in [0.1, 0.15) is 16.1 Å². The smallest absolute Gasteiger partial charge is 0.365 e. The molecule has 1 aliphatic rings. The van der Waals surface area contributed by atoms with E-state index in [1.54, 1.807) is 6.92 Å². The van der Waals surface area contributed by atoms with Crippen LogP contribution < -0.4 is 0 Å². The van der Waals surface area contributed by atoms with Gasteiger partial charge in [-0.1, -0.05) is 18.2 Å². The van der Waals surface area contributed by atoms with Gasteiger partial charge in [0.25, 0.3) is 5.91 Å². The molecule has 4 nitrogen and oxygen atoms in total. The number of alkyl halides is 3. The van der Waals surface area contributed by atoms with Gasteiger partial charge in [-0.2, -0.15) is 13.2 Å². The number of hydrogen-bond donors (Lipinski definition) is 1. The minimum absolute atomic E-state index is 0.116. The molecule has 1 aliphatic heterocycles. The molecule has 7 heteroatoms. The number of carbonyl (C=O) groups excluding carboxylic acids is 1. The Labute approximate surface area is 124 Å². The first-order chi connectivity index (χ1) is 10.4. The van der Waals surface area contributed by atoms with Gasteiger partial charge < -0.3 is 14.6 Å². The molecule has 1 atom stereocenters. The van der Waals surface area contributed by atoms with Crippen LogP contribution in [0.5, 0.6) is 0 Å². The second-order valence-corrected chi connectivity index (χ2v) is 5.32. The SMILES string of the molecule is Cc1c(C(=O)N2CCO[C@H](C(F)(F)F)C2)[nH]c2ccccc12. The van der Waals surface area contributed by atoms with Crippen molar-refractivity contribution >= 4 is 16.8 Å². The summed E-state index contributed by atoms with van der Waals surface area (Å²) in [4.78, 5) is 16.7. The number of fused-ring (bicyclic) bond motifs is 1. The Morgan fingerprint density at radius 2 is 2.09 bits per heavy atom. The van der Waals surface area contributed by atoms with Crippen molar-refractivity contribution in [3.8, 4) is 0 Å². The van der Waals surface area contributed by atoms with E-state index >= 15 is 0 Å². The van der Waals surface area contributed by atoms with Gasteiger partial charge >= 0.3 is 6.18 Å². The Morgan fingerprint density at radius 3 is 2.77 bits per heavy atom. The number of para-hydroxylation sites is 1. The molecular weight excluding hydrogens is 297 g/mol. The van der Waals surface area contributed by atoms with Gasteiger partial charge in [0, 0.05) is 17.4 Å². The van der Waals surface area contributed by atoms with Gasteiger partial charge in [0.05, 0.1) is 13.2 Å². The zero-order valence-electron chi connectivity index (χ0n) is 11.9. The first-order valence-corrected chi connectivity index (χ1v) is 6.93. The van der Waals surface area contributed by atoms with Crippen molar-refractivity contribution in [2.45, 2.75) is 19.2 Å². The highest BCUT2D eigenvalue weighted by atomic mass is 19.4. The molecule has 2 heterocycles. The highest BCUT2D eigenvalue weighted by molar-refractivity contribution is 6.00. The number of H-pyrrole nitrogens is 1. The second kappa shape index (κ2) is 5.31. The van der Waals surface area contributed by atoms with Gasteiger partial charge in [0.1, 0.15) is 5.69 Å². The quantitative estimate of drug-likeness (QED) is 0.880. The number of morpholine rings is 1. The average Bonchev–Trinajstić information content (AvgIpc) is 2.83. The summed E-state index contributed by atoms with van der Waals surface area (Å²) in [5.74, 6) is -0.425. The Kier molecular flexibility index (Phi) is 3.60. The third-order valence-corrected chi connectivity index (χ3v) is 3.90. The summed E-state index contributed by atoms with van der Waals surface area (Å²) < 4.78 is 43.0. The van der Waals surface area contributed by atoms with Crippen LogP contribution in [0.15, 0.2) is 24.3 Å². The first-order valence-electron chi connectivity index (χ1n) is 6.93. The summed E-state index contributed by atoms with van der Waals surface area (Å²) in [6.45, 7) is 1.35. The molecule has 1 saturated heterocycles. The minimum Gasteiger partial charge on any atom is -0.365 e. The zero-order valence-corrected chi connectivity index (χ0v) is 11.9. The first kappa shape index (κ1) is 14.9. The number of halogens is 3. The summed E-state index contributed by atoms with van der Waals surface area (Å²) in [6.07, 6.45) is -6.39. The third kappa shape index (κ3) is 2.56. The fourth-order valence-electron chi connectivity index (χ4n) is 2.69. The van der Waals surface area contributed by atoms with Crippen LogP contribution in [-0.2, 0) is 4.74 Å². The number of benzene rings is 1. The number of hydrogen-bond acceptors (Lipinski definition) is 2. The van der Waals surface area contributed by atoms with Crippen molar-refractivity contribution in [1.82, 2.24) is 9.88 Å². The summed E-state index contributed by atoms with van der Waals surface area (Å²) >= 11 is 0. The maximum absolute atomic E-state index is 12.8. The van der Waals surface area contributed by atoms with E-state index in [1.165, 1.54) is 4.90 Å². The predicted octanol–water partition coefficient (Wildman–Crippen LogP) is 2.88. The van der Waals surface area contributed by atoms with Gasteiger partial charge in [0.2, 0.25) is 0 Å². The summed E-state index contributed by atoms with van der Waals surface area (Å²) in [5.41, 5.74) is 1.88. The van der Waals surface area contributed by atoms with E-state index in [1.807, 2.05) is 24.3 Å². The lowest BCUT2D eigenvalue weighted by Crippen LogP contribution is -2.51. The van der Waals surface area contributed by atoms with Crippen molar-refractivity contribution in [3.05, 3.63) is 35.5 Å². The molecule has 1 aromatic carbocycles. The van der Waals surface area contributed by atoms with Crippen molar-refractivity contribution in [2.24, 2.45) is 0 Å². The van der Waals surface area contributed by atoms with E-state index in [2.05, 4.69) is 4.98 Å². The summed E-state index contributed by atoms with van der Waals surface area (Å²) in [6, 6.07) is 7.39. The molecule has 0 unspecified atom stereocenters. The topological polar surface area (TPSA) is 45.3 Å². The molecule has 22 heavy (non-hydrogen) atoms. The Morgan fingerprint density at radius 1 is 1.36 bits per heavy atom. The summed E-state index contributed by atoms with van der Waals surface area (Å²) in [7, 11) is 0. The standard InChI is InChI=1S/C15H15F3N2O2/c1-9-10-4-2-3-5-11(10)19-13(9)14(21)20-6-7-22-12(8-20)15(16,17)18/h2-5,12,19H,6-8H2,1H3/t12-/m0/s1. The number of aromatic nitrogens is 1. The van der Waals surface area contributed by atoms with Crippen LogP contribution in [0.2, 0.25) is 0 Å². The van der Waals surface area contributed by atoms with Crippen LogP contribution in [0.3, 0.4) is 0 Å². The van der Waals surface area contributed by atoms with Crippen LogP contribution >= 0.6 is 0 Å². The minimum atomic E-state index is -4.46. The van der Waals surface area contributed by atoms with E-state index in [4.69, 9.17) is 4.74 Å². The monoisotopic (exact) mass is 312 g/mol. The van der Waals surface area contributed by atoms with E-state index in [9.17, 15) is 18.0 Å². The molecule has 1 amide bonds. The Bertz CT molecular complexity index is 708. The molecule has 0 spiro atoms. The predicted molar refractivity (Wildman–Crippen MR) is 74.7 cm³/mol. The van der Waals surface area contributed by atoms with Crippen LogP contribution in [0.4, 0.5) is 13.2 Å². The third-order valence-electron chi connectivity index (χ3n) is 3.90. The highest BCUT2D eigenvalue weighted by Gasteiger charge is 2.44. The lowest BCUT2D eigenvalue weighted by atomic mass is 10.1. The van der Waals surface area contributed by atoms with E-state index in [0.29, 0.717) is 5.69 Å². The van der Waals surface area contributed by atoms with Gasteiger partial charge in [-0.25, -0.2) is 0 Å². The van der Waals surface area contributed by atoms with Crippen molar-refractivity contribution in [3.63, 3.8) is 0 Å². The number of aromatic amines is 1. The molecule has 1 fully saturated rings. The van der Waals surface area contributed by atoms with E-state index in [0.717, 1.165) is 16.5 Å². The Balaban J connectivity index is 1.88. The number of nitrogens with zero attached hydrogens (tertiary/aromatic N) is 1. The van der Waals surface area contributed by atoms with E-state index in [-0.39, 0.29) is 13.2 Å². The maximum atomic E-state index is 12.8. The maximum Gasteiger partial charge on any atom is 0.416 e. The summed E-state index contributed by atoms with van der Waals surface area (Å²) in [5, 5.41) is 0.895. The van der Waals surface area contributed by atoms with Crippen LogP contribution in [0, 0.1) is 6.92 Å². The largest absolute Gasteiger partial charge is 0.416 e. The van der Waals surface area contributed by atoms with Gasteiger partial charge in [-0.3, -0.25) is 4.79 Å². The van der Waals surface area contributed by atoms with Crippen LogP contribution in [0.25, 0.3) is 10.9 Å².